The van der Waals surface area contributed by atoms with Gasteiger partial charge in [0.05, 0.1) is 12.1 Å². The molecule has 0 aliphatic rings. The summed E-state index contributed by atoms with van der Waals surface area (Å²) in [5, 5.41) is 8.47. The Labute approximate surface area is 184 Å². The van der Waals surface area contributed by atoms with Gasteiger partial charge in [0.2, 0.25) is 11.0 Å². The predicted molar refractivity (Wildman–Crippen MR) is 125 cm³/mol. The van der Waals surface area contributed by atoms with E-state index in [-0.39, 0.29) is 17.9 Å². The largest absolute Gasteiger partial charge is 0.326 e. The monoisotopic (exact) mass is 432 g/mol. The number of H-pyrrole nitrogens is 1. The second kappa shape index (κ2) is 8.73. The number of aryl methyl sites for hydroxylation is 3. The summed E-state index contributed by atoms with van der Waals surface area (Å²) < 4.78 is 1.42. The van der Waals surface area contributed by atoms with Crippen LogP contribution in [0.5, 0.6) is 0 Å². The third-order valence-corrected chi connectivity index (χ3v) is 6.06. The van der Waals surface area contributed by atoms with Crippen LogP contribution >= 0.6 is 11.3 Å². The molecule has 1 amide bonds. The van der Waals surface area contributed by atoms with Crippen LogP contribution in [0.3, 0.4) is 0 Å². The number of thiazole rings is 1. The summed E-state index contributed by atoms with van der Waals surface area (Å²) in [4.78, 5) is 30.3. The van der Waals surface area contributed by atoms with Crippen LogP contribution in [0.25, 0.3) is 16.4 Å². The van der Waals surface area contributed by atoms with Gasteiger partial charge in [-0.25, -0.2) is 4.98 Å². The minimum absolute atomic E-state index is 0.00239. The number of rotatable bonds is 6. The third-order valence-electron chi connectivity index (χ3n) is 5.23. The second-order valence-electron chi connectivity index (χ2n) is 7.47. The quantitative estimate of drug-likeness (QED) is 0.465. The lowest BCUT2D eigenvalue weighted by Gasteiger charge is -2.09. The first kappa shape index (κ1) is 20.8. The fraction of sp³-hybridized carbons (Fsp3) is 0.208. The molecule has 158 valence electrons. The number of amides is 1. The molecule has 2 aromatic heterocycles. The molecule has 0 atom stereocenters. The Balaban J connectivity index is 1.56. The zero-order valence-corrected chi connectivity index (χ0v) is 18.5. The van der Waals surface area contributed by atoms with Crippen molar-refractivity contribution < 1.29 is 4.79 Å². The van der Waals surface area contributed by atoms with Gasteiger partial charge in [-0.05, 0) is 31.9 Å². The summed E-state index contributed by atoms with van der Waals surface area (Å²) in [6.45, 7) is 5.88. The number of aromatic nitrogens is 3. The highest BCUT2D eigenvalue weighted by atomic mass is 32.1. The van der Waals surface area contributed by atoms with E-state index in [2.05, 4.69) is 15.4 Å². The lowest BCUT2D eigenvalue weighted by molar-refractivity contribution is -0.115. The first-order valence-corrected chi connectivity index (χ1v) is 11.1. The van der Waals surface area contributed by atoms with Crippen molar-refractivity contribution >= 4 is 22.9 Å². The number of carbonyl (C=O) groups excluding carboxylic acids is 1. The summed E-state index contributed by atoms with van der Waals surface area (Å²) in [7, 11) is 0. The maximum absolute atomic E-state index is 13.0. The molecule has 2 N–H and O–H groups in total. The maximum atomic E-state index is 13.0. The van der Waals surface area contributed by atoms with Crippen LogP contribution in [0.2, 0.25) is 0 Å². The van der Waals surface area contributed by atoms with Gasteiger partial charge in [0.15, 0.2) is 0 Å². The zero-order valence-electron chi connectivity index (χ0n) is 17.7. The predicted octanol–water partition coefficient (Wildman–Crippen LogP) is 4.65. The summed E-state index contributed by atoms with van der Waals surface area (Å²) in [5.41, 5.74) is 5.69. The first-order chi connectivity index (χ1) is 15.0. The van der Waals surface area contributed by atoms with Crippen molar-refractivity contribution in [3.63, 3.8) is 0 Å². The summed E-state index contributed by atoms with van der Waals surface area (Å²) in [5.74, 6) is -0.216. The van der Waals surface area contributed by atoms with Crippen molar-refractivity contribution in [1.29, 1.82) is 0 Å². The van der Waals surface area contributed by atoms with E-state index in [1.54, 1.807) is 6.92 Å². The Hall–Kier alpha value is -3.45. The molecule has 7 heteroatoms. The Morgan fingerprint density at radius 3 is 2.61 bits per heavy atom. The summed E-state index contributed by atoms with van der Waals surface area (Å²) in [6.07, 6.45) is 0.822. The van der Waals surface area contributed by atoms with Crippen molar-refractivity contribution in [2.45, 2.75) is 33.6 Å². The molecule has 0 spiro atoms. The molecule has 2 heterocycles. The lowest BCUT2D eigenvalue weighted by Crippen LogP contribution is -2.22. The van der Waals surface area contributed by atoms with E-state index < -0.39 is 0 Å². The van der Waals surface area contributed by atoms with Crippen molar-refractivity contribution in [2.75, 3.05) is 5.32 Å². The second-order valence-corrected chi connectivity index (χ2v) is 8.31. The molecule has 4 rings (SSSR count). The summed E-state index contributed by atoms with van der Waals surface area (Å²) in [6, 6.07) is 15.8. The highest BCUT2D eigenvalue weighted by Gasteiger charge is 2.18. The molecule has 31 heavy (non-hydrogen) atoms. The summed E-state index contributed by atoms with van der Waals surface area (Å²) >= 11 is 1.38. The number of aromatic amines is 1. The number of para-hydroxylation sites is 1. The Morgan fingerprint density at radius 2 is 1.87 bits per heavy atom. The molecule has 0 bridgehead atoms. The van der Waals surface area contributed by atoms with Gasteiger partial charge in [-0.15, -0.1) is 11.3 Å². The molecule has 2 aromatic carbocycles. The van der Waals surface area contributed by atoms with Gasteiger partial charge < -0.3 is 5.32 Å². The van der Waals surface area contributed by atoms with E-state index in [1.165, 1.54) is 21.6 Å². The molecule has 0 aliphatic carbocycles. The van der Waals surface area contributed by atoms with Crippen LogP contribution in [0.15, 0.2) is 58.7 Å². The van der Waals surface area contributed by atoms with Crippen molar-refractivity contribution in [1.82, 2.24) is 14.8 Å². The van der Waals surface area contributed by atoms with Gasteiger partial charge in [-0.3, -0.25) is 14.7 Å². The SMILES string of the molecule is CCc1ccccc1NC(=O)Cc1c(C)[nH]n(-c2nc(-c3ccc(C)cc3)cs2)c1=O. The lowest BCUT2D eigenvalue weighted by atomic mass is 10.1. The number of benzene rings is 2. The van der Waals surface area contributed by atoms with Crippen molar-refractivity contribution in [2.24, 2.45) is 0 Å². The third kappa shape index (κ3) is 4.36. The van der Waals surface area contributed by atoms with Gasteiger partial charge in [0, 0.05) is 27.9 Å². The molecule has 0 fully saturated rings. The first-order valence-electron chi connectivity index (χ1n) is 10.2. The number of hydrogen-bond donors (Lipinski definition) is 2. The molecule has 0 saturated carbocycles. The Kier molecular flexibility index (Phi) is 5.86. The topological polar surface area (TPSA) is 79.8 Å². The van der Waals surface area contributed by atoms with E-state index in [1.807, 2.05) is 67.8 Å². The van der Waals surface area contributed by atoms with E-state index in [0.29, 0.717) is 16.4 Å². The molecular weight excluding hydrogens is 408 g/mol. The smallest absolute Gasteiger partial charge is 0.277 e. The Morgan fingerprint density at radius 1 is 1.13 bits per heavy atom. The average Bonchev–Trinajstić information content (AvgIpc) is 3.35. The van der Waals surface area contributed by atoms with Crippen LogP contribution < -0.4 is 10.9 Å². The maximum Gasteiger partial charge on any atom is 0.277 e. The molecule has 0 unspecified atom stereocenters. The molecule has 0 aliphatic heterocycles. The minimum Gasteiger partial charge on any atom is -0.326 e. The van der Waals surface area contributed by atoms with Gasteiger partial charge in [-0.2, -0.15) is 4.68 Å². The van der Waals surface area contributed by atoms with Gasteiger partial charge in [0.1, 0.15) is 0 Å². The fourth-order valence-electron chi connectivity index (χ4n) is 3.45. The van der Waals surface area contributed by atoms with Gasteiger partial charge >= 0.3 is 0 Å². The van der Waals surface area contributed by atoms with Crippen LogP contribution in [0.4, 0.5) is 5.69 Å². The van der Waals surface area contributed by atoms with Crippen LogP contribution in [0.1, 0.15) is 29.3 Å². The van der Waals surface area contributed by atoms with Crippen molar-refractivity contribution in [3.05, 3.63) is 86.6 Å². The van der Waals surface area contributed by atoms with Crippen LogP contribution in [-0.2, 0) is 17.6 Å². The van der Waals surface area contributed by atoms with E-state index in [4.69, 9.17) is 0 Å². The fourth-order valence-corrected chi connectivity index (χ4v) is 4.24. The standard InChI is InChI=1S/C24H24N4O2S/c1-4-17-7-5-6-8-20(17)25-22(29)13-19-16(3)27-28(23(19)30)24-26-21(14-31-24)18-11-9-15(2)10-12-18/h5-12,14,27H,4,13H2,1-3H3,(H,25,29). The number of carbonyl (C=O) groups is 1. The molecule has 6 nitrogen and oxygen atoms in total. The molecule has 0 radical (unpaired) electrons. The van der Waals surface area contributed by atoms with Crippen LogP contribution in [-0.4, -0.2) is 20.7 Å². The highest BCUT2D eigenvalue weighted by molar-refractivity contribution is 7.12. The molecular formula is C24H24N4O2S. The number of nitrogens with zero attached hydrogens (tertiary/aromatic N) is 2. The van der Waals surface area contributed by atoms with Crippen LogP contribution in [0, 0.1) is 13.8 Å². The van der Waals surface area contributed by atoms with Gasteiger partial charge in [0.25, 0.3) is 5.56 Å². The minimum atomic E-state index is -0.249. The number of hydrogen-bond acceptors (Lipinski definition) is 4. The van der Waals surface area contributed by atoms with E-state index >= 15 is 0 Å². The number of anilines is 1. The molecule has 4 aromatic rings. The Bertz CT molecular complexity index is 1280. The van der Waals surface area contributed by atoms with Crippen molar-refractivity contribution in [3.8, 4) is 16.4 Å². The average molecular weight is 433 g/mol. The van der Waals surface area contributed by atoms with E-state index in [0.717, 1.165) is 28.9 Å². The van der Waals surface area contributed by atoms with E-state index in [9.17, 15) is 9.59 Å². The molecule has 0 saturated heterocycles. The highest BCUT2D eigenvalue weighted by Crippen LogP contribution is 2.24. The number of nitrogens with one attached hydrogen (secondary N) is 2. The van der Waals surface area contributed by atoms with Gasteiger partial charge in [-0.1, -0.05) is 55.0 Å². The zero-order chi connectivity index (χ0) is 22.0. The normalized spacial score (nSPS) is 10.9.